The van der Waals surface area contributed by atoms with Gasteiger partial charge in [-0.3, -0.25) is 4.79 Å². The van der Waals surface area contributed by atoms with Crippen molar-refractivity contribution in [3.8, 4) is 0 Å². The van der Waals surface area contributed by atoms with Crippen LogP contribution in [0.1, 0.15) is 17.4 Å². The summed E-state index contributed by atoms with van der Waals surface area (Å²) in [6, 6.07) is -2.18. The van der Waals surface area contributed by atoms with Gasteiger partial charge in [-0.1, -0.05) is 0 Å². The summed E-state index contributed by atoms with van der Waals surface area (Å²) in [4.78, 5) is 10.8. The van der Waals surface area contributed by atoms with E-state index in [1.807, 2.05) is 0 Å². The molecule has 1 heterocycles. The highest BCUT2D eigenvalue weighted by Gasteiger charge is 2.40. The number of hydrogen-bond acceptors (Lipinski definition) is 3. The molecule has 0 saturated carbocycles. The largest absolute Gasteiger partial charge is 0.404 e. The van der Waals surface area contributed by atoms with Crippen molar-refractivity contribution in [3.05, 3.63) is 47.3 Å². The van der Waals surface area contributed by atoms with E-state index in [4.69, 9.17) is 0 Å². The molecular weight excluding hydrogens is 485 g/mol. The van der Waals surface area contributed by atoms with E-state index in [9.17, 15) is 52.7 Å². The Kier molecular flexibility index (Phi) is 7.18. The molecule has 1 aromatic carbocycles. The normalized spacial score (nSPS) is 13.5. The van der Waals surface area contributed by atoms with Crippen LogP contribution in [0.25, 0.3) is 0 Å². The Morgan fingerprint density at radius 1 is 1.06 bits per heavy atom. The number of carbonyl (C=O) groups is 1. The first-order valence-corrected chi connectivity index (χ1v) is 9.74. The zero-order valence-corrected chi connectivity index (χ0v) is 16.4. The summed E-state index contributed by atoms with van der Waals surface area (Å²) in [6.07, 6.45) is -8.19. The van der Waals surface area contributed by atoms with Gasteiger partial charge in [0.15, 0.2) is 23.3 Å². The molecule has 16 heteroatoms. The van der Waals surface area contributed by atoms with Crippen LogP contribution < -0.4 is 10.0 Å². The van der Waals surface area contributed by atoms with Crippen LogP contribution in [-0.4, -0.2) is 37.5 Å². The Morgan fingerprint density at radius 2 is 1.59 bits per heavy atom. The molecule has 1 atom stereocenters. The van der Waals surface area contributed by atoms with Gasteiger partial charge in [-0.15, -0.1) is 0 Å². The maximum atomic E-state index is 14.7. The van der Waals surface area contributed by atoms with E-state index in [2.05, 4.69) is 0 Å². The Labute approximate surface area is 174 Å². The Bertz CT molecular complexity index is 1110. The topological polar surface area (TPSA) is 80.2 Å². The molecule has 0 spiro atoms. The van der Waals surface area contributed by atoms with E-state index in [1.165, 1.54) is 0 Å². The molecule has 6 nitrogen and oxygen atoms in total. The van der Waals surface area contributed by atoms with Gasteiger partial charge in [-0.2, -0.15) is 17.9 Å². The zero-order chi connectivity index (χ0) is 24.6. The highest BCUT2D eigenvalue weighted by atomic mass is 32.2. The van der Waals surface area contributed by atoms with Gasteiger partial charge in [0.1, 0.15) is 16.6 Å². The van der Waals surface area contributed by atoms with Crippen LogP contribution in [0.2, 0.25) is 0 Å². The minimum Gasteiger partial charge on any atom is -0.334 e. The van der Waals surface area contributed by atoms with Crippen LogP contribution in [0, 0.1) is 23.3 Å². The number of nitrogens with one attached hydrogen (secondary N) is 2. The van der Waals surface area contributed by atoms with Crippen LogP contribution in [0.3, 0.4) is 0 Å². The van der Waals surface area contributed by atoms with Crippen molar-refractivity contribution < 1.29 is 52.7 Å². The molecule has 2 N–H and O–H groups in total. The lowest BCUT2D eigenvalue weighted by molar-refractivity contribution is -0.147. The third kappa shape index (κ3) is 5.53. The first kappa shape index (κ1) is 25.5. The standard InChI is InChI=1S/C16H12F9N3O3S/c1-6(16(23,24)25)27-32(30,31)10-4-28(5-11(19)20)14(13(10)22)15(29)26-7-2-8(17)12(21)9(18)3-7/h2-4,6,11,27H,5H2,1H3,(H,26,29)/t6-/m1/s1. The van der Waals surface area contributed by atoms with Gasteiger partial charge in [0, 0.05) is 24.0 Å². The van der Waals surface area contributed by atoms with Gasteiger partial charge in [0.25, 0.3) is 12.3 Å². The van der Waals surface area contributed by atoms with Crippen LogP contribution in [-0.2, 0) is 16.6 Å². The summed E-state index contributed by atoms with van der Waals surface area (Å²) in [5, 5.41) is 1.66. The molecule has 0 radical (unpaired) electrons. The van der Waals surface area contributed by atoms with Crippen molar-refractivity contribution in [1.82, 2.24) is 9.29 Å². The highest BCUT2D eigenvalue weighted by Crippen LogP contribution is 2.26. The van der Waals surface area contributed by atoms with E-state index in [-0.39, 0.29) is 22.9 Å². The Hall–Kier alpha value is -2.75. The van der Waals surface area contributed by atoms with Crippen LogP contribution in [0.15, 0.2) is 23.2 Å². The quantitative estimate of drug-likeness (QED) is 0.452. The fourth-order valence-corrected chi connectivity index (χ4v) is 3.72. The predicted octanol–water partition coefficient (Wildman–Crippen LogP) is 3.79. The predicted molar refractivity (Wildman–Crippen MR) is 90.5 cm³/mol. The highest BCUT2D eigenvalue weighted by molar-refractivity contribution is 7.89. The number of rotatable bonds is 7. The van der Waals surface area contributed by atoms with Crippen molar-refractivity contribution in [1.29, 1.82) is 0 Å². The van der Waals surface area contributed by atoms with Gasteiger partial charge in [0.05, 0.1) is 6.54 Å². The molecule has 0 aliphatic carbocycles. The lowest BCUT2D eigenvalue weighted by Crippen LogP contribution is -2.43. The fourth-order valence-electron chi connectivity index (χ4n) is 2.40. The number of halogens is 9. The second kappa shape index (κ2) is 9.01. The third-order valence-electron chi connectivity index (χ3n) is 3.89. The van der Waals surface area contributed by atoms with Crippen LogP contribution in [0.5, 0.6) is 0 Å². The smallest absolute Gasteiger partial charge is 0.334 e. The number of sulfonamides is 1. The fraction of sp³-hybridized carbons (Fsp3) is 0.312. The van der Waals surface area contributed by atoms with Crippen molar-refractivity contribution >= 4 is 21.6 Å². The van der Waals surface area contributed by atoms with Crippen molar-refractivity contribution in [3.63, 3.8) is 0 Å². The SMILES string of the molecule is C[C@@H](NS(=O)(=O)c1cn(CC(F)F)c(C(=O)Nc2cc(F)c(F)c(F)c2)c1F)C(F)(F)F. The number of aromatic nitrogens is 1. The summed E-state index contributed by atoms with van der Waals surface area (Å²) >= 11 is 0. The molecule has 0 aliphatic rings. The second-order valence-electron chi connectivity index (χ2n) is 6.29. The van der Waals surface area contributed by atoms with Crippen molar-refractivity contribution in [2.24, 2.45) is 0 Å². The number of alkyl halides is 5. The van der Waals surface area contributed by atoms with Crippen molar-refractivity contribution in [2.45, 2.75) is 37.0 Å². The Morgan fingerprint density at radius 3 is 2.06 bits per heavy atom. The molecule has 0 unspecified atom stereocenters. The molecule has 1 aromatic heterocycles. The number of hydrogen-bond donors (Lipinski definition) is 2. The molecule has 2 rings (SSSR count). The minimum absolute atomic E-state index is 0.0956. The second-order valence-corrected chi connectivity index (χ2v) is 7.97. The number of amides is 1. The molecule has 1 amide bonds. The first-order valence-electron chi connectivity index (χ1n) is 8.26. The summed E-state index contributed by atoms with van der Waals surface area (Å²) in [7, 11) is -5.30. The summed E-state index contributed by atoms with van der Waals surface area (Å²) in [5.41, 5.74) is -2.18. The molecule has 0 saturated heterocycles. The molecule has 178 valence electrons. The van der Waals surface area contributed by atoms with Gasteiger partial charge >= 0.3 is 6.18 Å². The average Bonchev–Trinajstić information content (AvgIpc) is 2.94. The van der Waals surface area contributed by atoms with Crippen molar-refractivity contribution in [2.75, 3.05) is 5.32 Å². The molecular formula is C16H12F9N3O3S. The van der Waals surface area contributed by atoms with Crippen LogP contribution >= 0.6 is 0 Å². The van der Waals surface area contributed by atoms with Gasteiger partial charge in [-0.25, -0.2) is 34.8 Å². The minimum atomic E-state index is -5.30. The monoisotopic (exact) mass is 497 g/mol. The van der Waals surface area contributed by atoms with Gasteiger partial charge < -0.3 is 9.88 Å². The molecule has 0 fully saturated rings. The zero-order valence-electron chi connectivity index (χ0n) is 15.6. The average molecular weight is 497 g/mol. The summed E-state index contributed by atoms with van der Waals surface area (Å²) < 4.78 is 143. The third-order valence-corrected chi connectivity index (χ3v) is 5.42. The van der Waals surface area contributed by atoms with E-state index >= 15 is 0 Å². The van der Waals surface area contributed by atoms with E-state index in [0.717, 1.165) is 4.72 Å². The molecule has 0 aliphatic heterocycles. The number of anilines is 1. The maximum absolute atomic E-state index is 14.7. The lowest BCUT2D eigenvalue weighted by atomic mass is 10.2. The summed E-state index contributed by atoms with van der Waals surface area (Å²) in [6.45, 7) is -1.08. The first-order chi connectivity index (χ1) is 14.5. The molecule has 2 aromatic rings. The summed E-state index contributed by atoms with van der Waals surface area (Å²) in [5.74, 6) is -9.14. The number of carbonyl (C=O) groups excluding carboxylic acids is 1. The maximum Gasteiger partial charge on any atom is 0.404 e. The molecule has 32 heavy (non-hydrogen) atoms. The van der Waals surface area contributed by atoms with Gasteiger partial charge in [0.2, 0.25) is 10.0 Å². The lowest BCUT2D eigenvalue weighted by Gasteiger charge is -2.16. The van der Waals surface area contributed by atoms with E-state index < -0.39 is 80.7 Å². The Balaban J connectivity index is 2.50. The molecule has 0 bridgehead atoms. The number of benzene rings is 1. The van der Waals surface area contributed by atoms with E-state index in [1.54, 1.807) is 5.32 Å². The number of nitrogens with zero attached hydrogens (tertiary/aromatic N) is 1. The van der Waals surface area contributed by atoms with Gasteiger partial charge in [-0.05, 0) is 6.92 Å². The van der Waals surface area contributed by atoms with E-state index in [0.29, 0.717) is 6.92 Å². The van der Waals surface area contributed by atoms with Crippen LogP contribution in [0.4, 0.5) is 45.2 Å².